The molecule has 1 saturated heterocycles. The third-order valence-corrected chi connectivity index (χ3v) is 4.05. The Balaban J connectivity index is 1.79. The minimum atomic E-state index is 0.153. The van der Waals surface area contributed by atoms with Gasteiger partial charge in [0.1, 0.15) is 5.75 Å². The quantitative estimate of drug-likeness (QED) is 0.849. The molecule has 1 aliphatic rings. The second kappa shape index (κ2) is 7.09. The summed E-state index contributed by atoms with van der Waals surface area (Å²) in [6.45, 7) is 3.75. The first-order chi connectivity index (χ1) is 10.8. The third kappa shape index (κ3) is 3.40. The maximum Gasteiger partial charge on any atom is 0.123 e. The van der Waals surface area contributed by atoms with Crippen LogP contribution >= 0.6 is 0 Å². The lowest BCUT2D eigenvalue weighted by Gasteiger charge is -2.28. The summed E-state index contributed by atoms with van der Waals surface area (Å²) in [5, 5.41) is 2.48. The van der Waals surface area contributed by atoms with Gasteiger partial charge in [-0.1, -0.05) is 30.3 Å². The molecule has 2 aromatic rings. The van der Waals surface area contributed by atoms with Gasteiger partial charge in [-0.3, -0.25) is 4.90 Å². The second-order valence-electron chi connectivity index (χ2n) is 5.73. The van der Waals surface area contributed by atoms with Gasteiger partial charge >= 0.3 is 0 Å². The monoisotopic (exact) mass is 301 g/mol. The van der Waals surface area contributed by atoms with Gasteiger partial charge < -0.3 is 14.2 Å². The number of methoxy groups -OCH3 is 1. The van der Waals surface area contributed by atoms with Crippen LogP contribution in [0.2, 0.25) is 0 Å². The lowest BCUT2D eigenvalue weighted by atomic mass is 10.0. The van der Waals surface area contributed by atoms with Crippen LogP contribution in [0.3, 0.4) is 0 Å². The maximum atomic E-state index is 5.73. The van der Waals surface area contributed by atoms with E-state index >= 15 is 0 Å². The Morgan fingerprint density at radius 3 is 2.82 bits per heavy atom. The Kier molecular flexibility index (Phi) is 4.93. The highest BCUT2D eigenvalue weighted by atomic mass is 16.6. The van der Waals surface area contributed by atoms with E-state index < -0.39 is 0 Å². The van der Waals surface area contributed by atoms with Crippen molar-refractivity contribution in [1.82, 2.24) is 4.90 Å². The average molecular weight is 301 g/mol. The van der Waals surface area contributed by atoms with Gasteiger partial charge in [-0.15, -0.1) is 0 Å². The molecule has 22 heavy (non-hydrogen) atoms. The van der Waals surface area contributed by atoms with Crippen LogP contribution in [0.25, 0.3) is 10.8 Å². The minimum Gasteiger partial charge on any atom is -0.496 e. The first-order valence-corrected chi connectivity index (χ1v) is 7.70. The molecule has 3 rings (SSSR count). The first-order valence-electron chi connectivity index (χ1n) is 7.70. The van der Waals surface area contributed by atoms with Crippen molar-refractivity contribution in [3.8, 4) is 5.75 Å². The van der Waals surface area contributed by atoms with Crippen molar-refractivity contribution in [2.24, 2.45) is 0 Å². The van der Waals surface area contributed by atoms with Crippen LogP contribution in [0.5, 0.6) is 5.75 Å². The maximum absolute atomic E-state index is 5.73. The number of fused-ring (bicyclic) bond motifs is 1. The van der Waals surface area contributed by atoms with Gasteiger partial charge in [0.15, 0.2) is 0 Å². The third-order valence-electron chi connectivity index (χ3n) is 4.05. The van der Waals surface area contributed by atoms with Crippen molar-refractivity contribution in [2.75, 3.05) is 40.5 Å². The summed E-state index contributed by atoms with van der Waals surface area (Å²) in [6.07, 6.45) is 0.153. The fourth-order valence-electron chi connectivity index (χ4n) is 2.99. The van der Waals surface area contributed by atoms with Gasteiger partial charge in [0, 0.05) is 18.7 Å². The van der Waals surface area contributed by atoms with Crippen LogP contribution in [-0.2, 0) is 16.0 Å². The number of likely N-dealkylation sites (N-methyl/N-ethyl adjacent to an activating group) is 1. The molecule has 0 N–H and O–H groups in total. The molecule has 0 aliphatic carbocycles. The highest BCUT2D eigenvalue weighted by Gasteiger charge is 2.18. The molecular weight excluding hydrogens is 278 g/mol. The SMILES string of the molecule is COc1ccc2ccccc2c1CN(C)CC1COCCO1. The van der Waals surface area contributed by atoms with E-state index in [2.05, 4.69) is 42.3 Å². The lowest BCUT2D eigenvalue weighted by molar-refractivity contribution is -0.0962. The summed E-state index contributed by atoms with van der Waals surface area (Å²) in [4.78, 5) is 2.27. The van der Waals surface area contributed by atoms with Crippen LogP contribution in [0.15, 0.2) is 36.4 Å². The van der Waals surface area contributed by atoms with E-state index in [4.69, 9.17) is 14.2 Å². The van der Waals surface area contributed by atoms with Crippen LogP contribution < -0.4 is 4.74 Å². The average Bonchev–Trinajstić information content (AvgIpc) is 2.56. The van der Waals surface area contributed by atoms with Crippen molar-refractivity contribution in [3.05, 3.63) is 42.0 Å². The summed E-state index contributed by atoms with van der Waals surface area (Å²) in [5.74, 6) is 0.936. The number of hydrogen-bond acceptors (Lipinski definition) is 4. The number of nitrogens with zero attached hydrogens (tertiary/aromatic N) is 1. The van der Waals surface area contributed by atoms with E-state index in [1.54, 1.807) is 7.11 Å². The van der Waals surface area contributed by atoms with Gasteiger partial charge in [-0.25, -0.2) is 0 Å². The van der Waals surface area contributed by atoms with Gasteiger partial charge in [-0.05, 0) is 23.9 Å². The molecule has 1 aliphatic heterocycles. The molecule has 0 saturated carbocycles. The summed E-state index contributed by atoms with van der Waals surface area (Å²) in [7, 11) is 3.84. The highest BCUT2D eigenvalue weighted by Crippen LogP contribution is 2.29. The fourth-order valence-corrected chi connectivity index (χ4v) is 2.99. The molecule has 2 aromatic carbocycles. The zero-order valence-corrected chi connectivity index (χ0v) is 13.2. The Morgan fingerprint density at radius 1 is 1.18 bits per heavy atom. The van der Waals surface area contributed by atoms with Gasteiger partial charge in [0.05, 0.1) is 33.0 Å². The summed E-state index contributed by atoms with van der Waals surface area (Å²) in [5.41, 5.74) is 1.22. The van der Waals surface area contributed by atoms with E-state index in [-0.39, 0.29) is 6.10 Å². The Labute approximate surface area is 131 Å². The Hall–Kier alpha value is -1.62. The van der Waals surface area contributed by atoms with Crippen LogP contribution in [0.4, 0.5) is 0 Å². The van der Waals surface area contributed by atoms with Crippen molar-refractivity contribution in [1.29, 1.82) is 0 Å². The van der Waals surface area contributed by atoms with E-state index in [1.807, 2.05) is 6.07 Å². The number of hydrogen-bond donors (Lipinski definition) is 0. The topological polar surface area (TPSA) is 30.9 Å². The molecule has 1 fully saturated rings. The van der Waals surface area contributed by atoms with Crippen molar-refractivity contribution in [2.45, 2.75) is 12.6 Å². The molecule has 1 heterocycles. The summed E-state index contributed by atoms with van der Waals surface area (Å²) in [6, 6.07) is 12.6. The molecule has 118 valence electrons. The van der Waals surface area contributed by atoms with E-state index in [0.717, 1.165) is 18.8 Å². The number of ether oxygens (including phenoxy) is 3. The molecule has 1 atom stereocenters. The normalized spacial score (nSPS) is 18.8. The molecule has 0 bridgehead atoms. The van der Waals surface area contributed by atoms with Crippen molar-refractivity contribution in [3.63, 3.8) is 0 Å². The molecule has 4 heteroatoms. The van der Waals surface area contributed by atoms with Crippen molar-refractivity contribution >= 4 is 10.8 Å². The molecule has 0 radical (unpaired) electrons. The Morgan fingerprint density at radius 2 is 2.05 bits per heavy atom. The standard InChI is InChI=1S/C18H23NO3/c1-19(11-15-13-21-9-10-22-15)12-17-16-6-4-3-5-14(16)7-8-18(17)20-2/h3-8,15H,9-13H2,1-2H3. The molecule has 0 aromatic heterocycles. The van der Waals surface area contributed by atoms with Gasteiger partial charge in [0.25, 0.3) is 0 Å². The number of benzene rings is 2. The molecule has 1 unspecified atom stereocenters. The summed E-state index contributed by atoms with van der Waals surface area (Å²) < 4.78 is 16.8. The smallest absolute Gasteiger partial charge is 0.123 e. The molecule has 0 spiro atoms. The van der Waals surface area contributed by atoms with Gasteiger partial charge in [-0.2, -0.15) is 0 Å². The fraction of sp³-hybridized carbons (Fsp3) is 0.444. The lowest BCUT2D eigenvalue weighted by Crippen LogP contribution is -2.38. The van der Waals surface area contributed by atoms with E-state index in [0.29, 0.717) is 19.8 Å². The summed E-state index contributed by atoms with van der Waals surface area (Å²) >= 11 is 0. The van der Waals surface area contributed by atoms with E-state index in [1.165, 1.54) is 16.3 Å². The first kappa shape index (κ1) is 15.3. The zero-order chi connectivity index (χ0) is 15.4. The molecule has 4 nitrogen and oxygen atoms in total. The largest absolute Gasteiger partial charge is 0.496 e. The minimum absolute atomic E-state index is 0.153. The van der Waals surface area contributed by atoms with Crippen LogP contribution in [0.1, 0.15) is 5.56 Å². The molecule has 0 amide bonds. The highest BCUT2D eigenvalue weighted by molar-refractivity contribution is 5.87. The van der Waals surface area contributed by atoms with Gasteiger partial charge in [0.2, 0.25) is 0 Å². The van der Waals surface area contributed by atoms with Crippen LogP contribution in [-0.4, -0.2) is 51.5 Å². The zero-order valence-electron chi connectivity index (χ0n) is 13.2. The predicted molar refractivity (Wildman–Crippen MR) is 87.4 cm³/mol. The van der Waals surface area contributed by atoms with Crippen LogP contribution in [0, 0.1) is 0 Å². The molecular formula is C18H23NO3. The second-order valence-corrected chi connectivity index (χ2v) is 5.73. The van der Waals surface area contributed by atoms with E-state index in [9.17, 15) is 0 Å². The Bertz CT molecular complexity index is 623. The van der Waals surface area contributed by atoms with Crippen molar-refractivity contribution < 1.29 is 14.2 Å². The number of rotatable bonds is 5. The predicted octanol–water partition coefficient (Wildman–Crippen LogP) is 2.70.